The molecule has 0 aliphatic heterocycles. The first kappa shape index (κ1) is 13.4. The Hall–Kier alpha value is -1.06. The highest BCUT2D eigenvalue weighted by Crippen LogP contribution is 2.29. The SMILES string of the molecule is Cc1ccc(C)c(N(C)C2CCC(ON)CC2)c1. The summed E-state index contributed by atoms with van der Waals surface area (Å²) in [5, 5.41) is 0. The summed E-state index contributed by atoms with van der Waals surface area (Å²) in [6, 6.07) is 7.26. The van der Waals surface area contributed by atoms with Crippen molar-refractivity contribution in [1.82, 2.24) is 0 Å². The maximum absolute atomic E-state index is 5.27. The molecule has 0 spiro atoms. The molecule has 0 atom stereocenters. The predicted molar refractivity (Wildman–Crippen MR) is 75.6 cm³/mol. The van der Waals surface area contributed by atoms with Gasteiger partial charge in [-0.15, -0.1) is 0 Å². The topological polar surface area (TPSA) is 38.5 Å². The van der Waals surface area contributed by atoms with Crippen LogP contribution in [0.2, 0.25) is 0 Å². The van der Waals surface area contributed by atoms with Crippen LogP contribution in [0.25, 0.3) is 0 Å². The zero-order valence-electron chi connectivity index (χ0n) is 11.6. The maximum Gasteiger partial charge on any atom is 0.0789 e. The fourth-order valence-electron chi connectivity index (χ4n) is 2.86. The van der Waals surface area contributed by atoms with Crippen molar-refractivity contribution in [3.05, 3.63) is 29.3 Å². The van der Waals surface area contributed by atoms with Crippen LogP contribution < -0.4 is 10.8 Å². The normalized spacial score (nSPS) is 24.0. The highest BCUT2D eigenvalue weighted by Gasteiger charge is 2.24. The monoisotopic (exact) mass is 248 g/mol. The van der Waals surface area contributed by atoms with E-state index in [1.807, 2.05) is 0 Å². The van der Waals surface area contributed by atoms with Crippen molar-refractivity contribution >= 4 is 5.69 Å². The molecule has 1 saturated carbocycles. The second kappa shape index (κ2) is 5.72. The van der Waals surface area contributed by atoms with Crippen molar-refractivity contribution in [2.75, 3.05) is 11.9 Å². The molecule has 0 unspecified atom stereocenters. The van der Waals surface area contributed by atoms with Gasteiger partial charge >= 0.3 is 0 Å². The summed E-state index contributed by atoms with van der Waals surface area (Å²) in [4.78, 5) is 7.37. The molecular weight excluding hydrogens is 224 g/mol. The molecule has 1 aromatic carbocycles. The summed E-state index contributed by atoms with van der Waals surface area (Å²) in [6.45, 7) is 4.33. The molecule has 0 bridgehead atoms. The first-order valence-electron chi connectivity index (χ1n) is 6.77. The van der Waals surface area contributed by atoms with Crippen molar-refractivity contribution in [3.8, 4) is 0 Å². The molecule has 2 N–H and O–H groups in total. The first-order chi connectivity index (χ1) is 8.61. The lowest BCUT2D eigenvalue weighted by Crippen LogP contribution is -2.38. The van der Waals surface area contributed by atoms with Crippen molar-refractivity contribution < 1.29 is 4.84 Å². The lowest BCUT2D eigenvalue weighted by Gasteiger charge is -2.36. The van der Waals surface area contributed by atoms with Gasteiger partial charge in [0.05, 0.1) is 6.10 Å². The summed E-state index contributed by atoms with van der Waals surface area (Å²) in [6.07, 6.45) is 4.71. The van der Waals surface area contributed by atoms with Gasteiger partial charge in [-0.2, -0.15) is 0 Å². The second-order valence-electron chi connectivity index (χ2n) is 5.47. The number of hydrogen-bond acceptors (Lipinski definition) is 3. The lowest BCUT2D eigenvalue weighted by atomic mass is 9.91. The third-order valence-corrected chi connectivity index (χ3v) is 4.13. The summed E-state index contributed by atoms with van der Waals surface area (Å²) >= 11 is 0. The van der Waals surface area contributed by atoms with Crippen LogP contribution in [0.15, 0.2) is 18.2 Å². The van der Waals surface area contributed by atoms with Gasteiger partial charge in [-0.1, -0.05) is 12.1 Å². The molecule has 0 aromatic heterocycles. The van der Waals surface area contributed by atoms with Crippen LogP contribution in [0, 0.1) is 13.8 Å². The van der Waals surface area contributed by atoms with Gasteiger partial charge in [0.25, 0.3) is 0 Å². The molecule has 2 rings (SSSR count). The Morgan fingerprint density at radius 1 is 1.17 bits per heavy atom. The molecule has 0 heterocycles. The molecule has 100 valence electrons. The number of anilines is 1. The van der Waals surface area contributed by atoms with Gasteiger partial charge in [0.1, 0.15) is 0 Å². The van der Waals surface area contributed by atoms with Gasteiger partial charge in [-0.3, -0.25) is 0 Å². The first-order valence-corrected chi connectivity index (χ1v) is 6.77. The standard InChI is InChI=1S/C15H24N2O/c1-11-4-5-12(2)15(10-11)17(3)13-6-8-14(18-16)9-7-13/h4-5,10,13-14H,6-9,16H2,1-3H3. The number of aryl methyl sites for hydroxylation is 2. The molecule has 1 aliphatic carbocycles. The summed E-state index contributed by atoms with van der Waals surface area (Å²) in [7, 11) is 2.20. The van der Waals surface area contributed by atoms with Gasteiger partial charge in [-0.25, -0.2) is 5.90 Å². The third-order valence-electron chi connectivity index (χ3n) is 4.13. The number of rotatable bonds is 3. The smallest absolute Gasteiger partial charge is 0.0789 e. The second-order valence-corrected chi connectivity index (χ2v) is 5.47. The molecular formula is C15H24N2O. The Morgan fingerprint density at radius 3 is 2.44 bits per heavy atom. The predicted octanol–water partition coefficient (Wildman–Crippen LogP) is 2.94. The van der Waals surface area contributed by atoms with Crippen LogP contribution >= 0.6 is 0 Å². The molecule has 1 aliphatic rings. The number of benzene rings is 1. The largest absolute Gasteiger partial charge is 0.371 e. The van der Waals surface area contributed by atoms with Crippen molar-refractivity contribution in [1.29, 1.82) is 0 Å². The zero-order chi connectivity index (χ0) is 13.1. The highest BCUT2D eigenvalue weighted by atomic mass is 16.6. The zero-order valence-corrected chi connectivity index (χ0v) is 11.6. The molecule has 0 amide bonds. The van der Waals surface area contributed by atoms with Gasteiger partial charge in [-0.05, 0) is 56.7 Å². The van der Waals surface area contributed by atoms with E-state index in [0.29, 0.717) is 6.04 Å². The Bertz CT molecular complexity index is 397. The van der Waals surface area contributed by atoms with Crippen molar-refractivity contribution in [3.63, 3.8) is 0 Å². The van der Waals surface area contributed by atoms with Crippen LogP contribution in [0.1, 0.15) is 36.8 Å². The number of nitrogens with zero attached hydrogens (tertiary/aromatic N) is 1. The molecule has 18 heavy (non-hydrogen) atoms. The fraction of sp³-hybridized carbons (Fsp3) is 0.600. The van der Waals surface area contributed by atoms with Crippen LogP contribution in [0.3, 0.4) is 0 Å². The molecule has 1 fully saturated rings. The van der Waals surface area contributed by atoms with Crippen LogP contribution in [0.4, 0.5) is 5.69 Å². The van der Waals surface area contributed by atoms with Gasteiger partial charge < -0.3 is 9.74 Å². The molecule has 0 saturated heterocycles. The van der Waals surface area contributed by atoms with E-state index in [4.69, 9.17) is 10.7 Å². The fourth-order valence-corrected chi connectivity index (χ4v) is 2.86. The maximum atomic E-state index is 5.27. The molecule has 3 heteroatoms. The summed E-state index contributed by atoms with van der Waals surface area (Å²) in [5.41, 5.74) is 4.02. The Kier molecular flexibility index (Phi) is 4.25. The van der Waals surface area contributed by atoms with E-state index in [9.17, 15) is 0 Å². The van der Waals surface area contributed by atoms with E-state index in [1.165, 1.54) is 16.8 Å². The van der Waals surface area contributed by atoms with Crippen LogP contribution in [0.5, 0.6) is 0 Å². The third kappa shape index (κ3) is 2.85. The Morgan fingerprint density at radius 2 is 1.83 bits per heavy atom. The van der Waals surface area contributed by atoms with E-state index < -0.39 is 0 Å². The average Bonchev–Trinajstić information content (AvgIpc) is 2.41. The average molecular weight is 248 g/mol. The minimum atomic E-state index is 0.258. The van der Waals surface area contributed by atoms with E-state index in [0.717, 1.165) is 25.7 Å². The number of hydrogen-bond donors (Lipinski definition) is 1. The van der Waals surface area contributed by atoms with E-state index >= 15 is 0 Å². The van der Waals surface area contributed by atoms with Gasteiger partial charge in [0.15, 0.2) is 0 Å². The minimum Gasteiger partial charge on any atom is -0.371 e. The molecule has 0 radical (unpaired) electrons. The van der Waals surface area contributed by atoms with E-state index in [2.05, 4.69) is 44.0 Å². The van der Waals surface area contributed by atoms with Gasteiger partial charge in [0.2, 0.25) is 0 Å². The van der Waals surface area contributed by atoms with E-state index in [1.54, 1.807) is 0 Å². The van der Waals surface area contributed by atoms with Gasteiger partial charge in [0, 0.05) is 18.8 Å². The van der Waals surface area contributed by atoms with Crippen molar-refractivity contribution in [2.45, 2.75) is 51.7 Å². The van der Waals surface area contributed by atoms with E-state index in [-0.39, 0.29) is 6.10 Å². The Balaban J connectivity index is 2.07. The lowest BCUT2D eigenvalue weighted by molar-refractivity contribution is 0.0242. The summed E-state index contributed by atoms with van der Waals surface area (Å²) in [5.74, 6) is 5.27. The quantitative estimate of drug-likeness (QED) is 0.836. The van der Waals surface area contributed by atoms with Crippen LogP contribution in [-0.2, 0) is 4.84 Å². The highest BCUT2D eigenvalue weighted by molar-refractivity contribution is 5.55. The summed E-state index contributed by atoms with van der Waals surface area (Å²) < 4.78 is 0. The van der Waals surface area contributed by atoms with Crippen molar-refractivity contribution in [2.24, 2.45) is 5.90 Å². The molecule has 3 nitrogen and oxygen atoms in total. The minimum absolute atomic E-state index is 0.258. The molecule has 1 aromatic rings. The Labute approximate surface area is 110 Å². The number of nitrogens with two attached hydrogens (primary N) is 1. The van der Waals surface area contributed by atoms with Crippen LogP contribution in [-0.4, -0.2) is 19.2 Å².